The van der Waals surface area contributed by atoms with Crippen LogP contribution in [-0.4, -0.2) is 17.9 Å². The van der Waals surface area contributed by atoms with Crippen LogP contribution in [0.1, 0.15) is 106 Å². The minimum absolute atomic E-state index is 0.0220. The van der Waals surface area contributed by atoms with Crippen LogP contribution in [-0.2, 0) is 14.4 Å². The highest BCUT2D eigenvalue weighted by Crippen LogP contribution is 2.71. The first-order valence-electron chi connectivity index (χ1n) is 13.3. The van der Waals surface area contributed by atoms with Gasteiger partial charge in [-0.25, -0.2) is 0 Å². The molecule has 3 heteroatoms. The molecule has 0 heterocycles. The second-order valence-electron chi connectivity index (χ2n) is 13.1. The third-order valence-electron chi connectivity index (χ3n) is 11.3. The van der Waals surface area contributed by atoms with Gasteiger partial charge in [0.05, 0.1) is 0 Å². The summed E-state index contributed by atoms with van der Waals surface area (Å²) in [6, 6.07) is 0. The molecule has 0 spiro atoms. The van der Waals surface area contributed by atoms with Crippen molar-refractivity contribution < 1.29 is 14.4 Å². The maximum absolute atomic E-state index is 13.9. The molecule has 0 N–H and O–H groups in total. The van der Waals surface area contributed by atoms with Crippen LogP contribution in [0.4, 0.5) is 0 Å². The summed E-state index contributed by atoms with van der Waals surface area (Å²) in [4.78, 5) is 37.6. The van der Waals surface area contributed by atoms with Gasteiger partial charge in [-0.3, -0.25) is 14.4 Å². The number of rotatable bonds is 5. The molecule has 0 aromatic carbocycles. The standard InChI is InChI=1S/C30H44O3/c1-19(18-31)9-8-10-20(2)21-11-16-30(7)26-22(12-15-29(21,30)6)28(5)14-13-25(33)27(3,4)24(28)17-23(26)32/h9,18,20-21,24H,8,10-17H2,1-7H3/b19-9+/t20-,21-,24-,28-,29-,30+/m1/s1. The van der Waals surface area contributed by atoms with Crippen molar-refractivity contribution in [3.8, 4) is 0 Å². The monoisotopic (exact) mass is 452 g/mol. The van der Waals surface area contributed by atoms with E-state index in [0.717, 1.165) is 50.4 Å². The van der Waals surface area contributed by atoms with E-state index in [2.05, 4.69) is 47.6 Å². The maximum Gasteiger partial charge on any atom is 0.159 e. The largest absolute Gasteiger partial charge is 0.299 e. The van der Waals surface area contributed by atoms with Crippen molar-refractivity contribution >= 4 is 17.9 Å². The van der Waals surface area contributed by atoms with Crippen LogP contribution >= 0.6 is 0 Å². The van der Waals surface area contributed by atoms with E-state index in [1.165, 1.54) is 17.6 Å². The van der Waals surface area contributed by atoms with Crippen molar-refractivity contribution in [1.82, 2.24) is 0 Å². The summed E-state index contributed by atoms with van der Waals surface area (Å²) < 4.78 is 0. The van der Waals surface area contributed by atoms with E-state index in [1.807, 2.05) is 6.92 Å². The summed E-state index contributed by atoms with van der Waals surface area (Å²) in [6.07, 6.45) is 11.6. The first-order chi connectivity index (χ1) is 15.3. The number of allylic oxidation sites excluding steroid dienone is 4. The van der Waals surface area contributed by atoms with E-state index >= 15 is 0 Å². The second-order valence-corrected chi connectivity index (χ2v) is 13.1. The average molecular weight is 453 g/mol. The number of carbonyl (C=O) groups is 3. The van der Waals surface area contributed by atoms with Crippen molar-refractivity contribution in [2.24, 2.45) is 39.4 Å². The number of carbonyl (C=O) groups excluding carboxylic acids is 3. The molecular weight excluding hydrogens is 408 g/mol. The van der Waals surface area contributed by atoms with Crippen LogP contribution in [0.15, 0.2) is 22.8 Å². The summed E-state index contributed by atoms with van der Waals surface area (Å²) in [7, 11) is 0. The highest BCUT2D eigenvalue weighted by molar-refractivity contribution is 6.00. The van der Waals surface area contributed by atoms with Gasteiger partial charge in [-0.2, -0.15) is 0 Å². The third kappa shape index (κ3) is 3.39. The molecule has 0 bridgehead atoms. The molecule has 0 aromatic heterocycles. The summed E-state index contributed by atoms with van der Waals surface area (Å²) in [5.74, 6) is 1.98. The molecule has 3 nitrogen and oxygen atoms in total. The summed E-state index contributed by atoms with van der Waals surface area (Å²) in [5.41, 5.74) is 3.04. The minimum Gasteiger partial charge on any atom is -0.299 e. The first-order valence-corrected chi connectivity index (χ1v) is 13.3. The van der Waals surface area contributed by atoms with Gasteiger partial charge in [0.1, 0.15) is 12.1 Å². The predicted molar refractivity (Wildman–Crippen MR) is 133 cm³/mol. The zero-order chi connectivity index (χ0) is 24.4. The predicted octanol–water partition coefficient (Wildman–Crippen LogP) is 7.05. The van der Waals surface area contributed by atoms with E-state index in [4.69, 9.17) is 0 Å². The topological polar surface area (TPSA) is 51.2 Å². The van der Waals surface area contributed by atoms with Gasteiger partial charge in [-0.15, -0.1) is 0 Å². The lowest BCUT2D eigenvalue weighted by Crippen LogP contribution is -2.56. The van der Waals surface area contributed by atoms with E-state index < -0.39 is 5.41 Å². The Labute approximate surface area is 200 Å². The number of ketones is 2. The van der Waals surface area contributed by atoms with Gasteiger partial charge in [0, 0.05) is 29.2 Å². The molecule has 182 valence electrons. The fourth-order valence-corrected chi connectivity index (χ4v) is 8.94. The van der Waals surface area contributed by atoms with Gasteiger partial charge in [0.2, 0.25) is 0 Å². The van der Waals surface area contributed by atoms with Crippen molar-refractivity contribution in [2.75, 3.05) is 0 Å². The molecule has 0 saturated heterocycles. The van der Waals surface area contributed by atoms with Crippen LogP contribution in [0.25, 0.3) is 0 Å². The van der Waals surface area contributed by atoms with Crippen LogP contribution in [0, 0.1) is 39.4 Å². The van der Waals surface area contributed by atoms with Gasteiger partial charge >= 0.3 is 0 Å². The molecule has 2 saturated carbocycles. The average Bonchev–Trinajstić information content (AvgIpc) is 3.04. The SMILES string of the molecule is C/C(C=O)=C\CC[C@@H](C)[C@H]1CC[C@@]2(C)C3=C(CC[C@]12C)[C@@]1(C)CCC(=O)C(C)(C)[C@H]1CC3=O. The fourth-order valence-electron chi connectivity index (χ4n) is 8.94. The normalized spacial score (nSPS) is 41.4. The van der Waals surface area contributed by atoms with E-state index in [0.29, 0.717) is 36.2 Å². The summed E-state index contributed by atoms with van der Waals surface area (Å²) >= 11 is 0. The highest BCUT2D eigenvalue weighted by Gasteiger charge is 2.65. The van der Waals surface area contributed by atoms with Crippen LogP contribution < -0.4 is 0 Å². The number of hydrogen-bond donors (Lipinski definition) is 0. The minimum atomic E-state index is -0.414. The number of aldehydes is 1. The molecule has 2 fully saturated rings. The Balaban J connectivity index is 1.68. The Morgan fingerprint density at radius 2 is 1.76 bits per heavy atom. The fraction of sp³-hybridized carbons (Fsp3) is 0.767. The van der Waals surface area contributed by atoms with E-state index in [-0.39, 0.29) is 22.2 Å². The maximum atomic E-state index is 13.9. The van der Waals surface area contributed by atoms with Crippen molar-refractivity contribution in [2.45, 2.75) is 106 Å². The molecule has 33 heavy (non-hydrogen) atoms. The zero-order valence-corrected chi connectivity index (χ0v) is 22.0. The van der Waals surface area contributed by atoms with Crippen LogP contribution in [0.3, 0.4) is 0 Å². The van der Waals surface area contributed by atoms with Gasteiger partial charge in [-0.1, -0.05) is 53.2 Å². The number of Topliss-reactive ketones (excluding diaryl/α,β-unsaturated/α-hetero) is 2. The lowest BCUT2D eigenvalue weighted by atomic mass is 9.43. The van der Waals surface area contributed by atoms with Gasteiger partial charge in [-0.05, 0) is 86.0 Å². The lowest BCUT2D eigenvalue weighted by Gasteiger charge is -2.60. The molecule has 0 aliphatic heterocycles. The molecule has 4 rings (SSSR count). The van der Waals surface area contributed by atoms with Crippen LogP contribution in [0.2, 0.25) is 0 Å². The third-order valence-corrected chi connectivity index (χ3v) is 11.3. The number of fused-ring (bicyclic) bond motifs is 4. The van der Waals surface area contributed by atoms with E-state index in [1.54, 1.807) is 0 Å². The second kappa shape index (κ2) is 8.02. The van der Waals surface area contributed by atoms with Crippen molar-refractivity contribution in [1.29, 1.82) is 0 Å². The Morgan fingerprint density at radius 1 is 1.06 bits per heavy atom. The molecule has 6 atom stereocenters. The molecule has 0 radical (unpaired) electrons. The van der Waals surface area contributed by atoms with Crippen molar-refractivity contribution in [3.05, 3.63) is 22.8 Å². The van der Waals surface area contributed by atoms with E-state index in [9.17, 15) is 14.4 Å². The van der Waals surface area contributed by atoms with Gasteiger partial charge in [0.25, 0.3) is 0 Å². The Morgan fingerprint density at radius 3 is 2.42 bits per heavy atom. The first kappa shape index (κ1) is 24.6. The van der Waals surface area contributed by atoms with Gasteiger partial charge in [0.15, 0.2) is 5.78 Å². The molecule has 0 amide bonds. The zero-order valence-electron chi connectivity index (χ0n) is 22.0. The number of hydrogen-bond acceptors (Lipinski definition) is 3. The molecule has 4 aliphatic rings. The summed E-state index contributed by atoms with van der Waals surface area (Å²) in [6.45, 7) is 15.7. The van der Waals surface area contributed by atoms with Crippen molar-refractivity contribution in [3.63, 3.8) is 0 Å². The highest BCUT2D eigenvalue weighted by atomic mass is 16.1. The summed E-state index contributed by atoms with van der Waals surface area (Å²) in [5, 5.41) is 0. The lowest BCUT2D eigenvalue weighted by molar-refractivity contribution is -0.142. The molecule has 0 unspecified atom stereocenters. The molecule has 4 aliphatic carbocycles. The van der Waals surface area contributed by atoms with Gasteiger partial charge < -0.3 is 0 Å². The Hall–Kier alpha value is -1.51. The smallest absolute Gasteiger partial charge is 0.159 e. The Bertz CT molecular complexity index is 936. The molecule has 0 aromatic rings. The van der Waals surface area contributed by atoms with Crippen LogP contribution in [0.5, 0.6) is 0 Å². The quantitative estimate of drug-likeness (QED) is 0.332. The Kier molecular flexibility index (Phi) is 5.98. The molecular formula is C30H44O3.